The van der Waals surface area contributed by atoms with E-state index in [4.69, 9.17) is 28.4 Å². The lowest BCUT2D eigenvalue weighted by Crippen LogP contribution is -2.34. The Labute approximate surface area is 633 Å². The molecule has 0 fully saturated rings. The second-order valence-electron chi connectivity index (χ2n) is 26.8. The molecule has 15 unspecified atom stereocenters. The quantitative estimate of drug-likeness (QED) is 0.0160. The van der Waals surface area contributed by atoms with Crippen molar-refractivity contribution in [3.8, 4) is 22.6 Å². The van der Waals surface area contributed by atoms with Gasteiger partial charge in [-0.25, -0.2) is 9.59 Å². The average Bonchev–Trinajstić information content (AvgIpc) is 0.849. The maximum atomic E-state index is 12.9. The van der Waals surface area contributed by atoms with Gasteiger partial charge in [0.05, 0.1) is 133 Å². The van der Waals surface area contributed by atoms with Crippen LogP contribution >= 0.6 is 0 Å². The number of rotatable bonds is 58. The van der Waals surface area contributed by atoms with Crippen molar-refractivity contribution in [3.05, 3.63) is 83.9 Å². The molecule has 3 rings (SSSR count). The lowest BCUT2D eigenvalue weighted by Gasteiger charge is -2.27. The van der Waals surface area contributed by atoms with E-state index >= 15 is 0 Å². The Morgan fingerprint density at radius 3 is 0.775 bits per heavy atom. The number of benzene rings is 3. The summed E-state index contributed by atoms with van der Waals surface area (Å²) in [7, 11) is 1.29. The minimum absolute atomic E-state index is 0.0335. The number of carboxylic acids is 14. The second-order valence-corrected chi connectivity index (χ2v) is 26.8. The highest BCUT2D eigenvalue weighted by molar-refractivity contribution is 5.92. The van der Waals surface area contributed by atoms with Gasteiger partial charge < -0.3 is 99.9 Å². The molecule has 3 aromatic rings. The predicted octanol–water partition coefficient (Wildman–Crippen LogP) is 6.63. The van der Waals surface area contributed by atoms with E-state index in [1.807, 2.05) is 0 Å². The van der Waals surface area contributed by atoms with E-state index in [-0.39, 0.29) is 51.6 Å². The summed E-state index contributed by atoms with van der Waals surface area (Å²) < 4.78 is 32.0. The number of methoxy groups -OCH3 is 1. The molecular weight excluding hydrogens is 1480 g/mol. The van der Waals surface area contributed by atoms with Crippen molar-refractivity contribution in [1.82, 2.24) is 0 Å². The van der Waals surface area contributed by atoms with Crippen LogP contribution in [0.2, 0.25) is 0 Å². The van der Waals surface area contributed by atoms with Crippen LogP contribution < -0.4 is 9.47 Å². The van der Waals surface area contributed by atoms with Gasteiger partial charge in [0.25, 0.3) is 0 Å². The van der Waals surface area contributed by atoms with Crippen molar-refractivity contribution in [2.45, 2.75) is 110 Å². The Hall–Kier alpha value is -11.6. The molecule has 0 aromatic heterocycles. The molecule has 0 aliphatic carbocycles. The first-order valence-electron chi connectivity index (χ1n) is 34.9. The molecule has 0 spiro atoms. The van der Waals surface area contributed by atoms with E-state index in [2.05, 4.69) is 0 Å². The monoisotopic (exact) mass is 1570 g/mol. The van der Waals surface area contributed by atoms with Gasteiger partial charge in [-0.1, -0.05) is 38.1 Å². The van der Waals surface area contributed by atoms with E-state index in [9.17, 15) is 153 Å². The molecule has 37 heteroatoms. The molecule has 610 valence electrons. The van der Waals surface area contributed by atoms with Crippen LogP contribution in [0.15, 0.2) is 72.8 Å². The maximum Gasteiger partial charge on any atom is 0.343 e. The fourth-order valence-corrected chi connectivity index (χ4v) is 12.7. The van der Waals surface area contributed by atoms with Gasteiger partial charge in [0.1, 0.15) is 24.7 Å². The number of esters is 3. The molecule has 0 saturated carbocycles. The fourth-order valence-electron chi connectivity index (χ4n) is 12.7. The zero-order valence-electron chi connectivity index (χ0n) is 60.6. The summed E-state index contributed by atoms with van der Waals surface area (Å²) in [6, 6.07) is 19.7. The van der Waals surface area contributed by atoms with Crippen LogP contribution in [0.5, 0.6) is 11.5 Å². The van der Waals surface area contributed by atoms with Gasteiger partial charge in [0, 0.05) is 0 Å². The summed E-state index contributed by atoms with van der Waals surface area (Å²) in [5, 5.41) is 141. The molecule has 0 aliphatic rings. The molecule has 0 amide bonds. The van der Waals surface area contributed by atoms with Gasteiger partial charge >= 0.3 is 101 Å². The summed E-state index contributed by atoms with van der Waals surface area (Å²) in [5.74, 6) is -54.3. The highest BCUT2D eigenvalue weighted by Gasteiger charge is 2.43. The third-order valence-electron chi connectivity index (χ3n) is 19.0. The normalized spacial score (nSPS) is 15.3. The van der Waals surface area contributed by atoms with E-state index in [0.29, 0.717) is 17.1 Å². The summed E-state index contributed by atoms with van der Waals surface area (Å²) >= 11 is 0. The smallest absolute Gasteiger partial charge is 0.343 e. The van der Waals surface area contributed by atoms with Gasteiger partial charge in [-0.15, -0.1) is 0 Å². The third kappa shape index (κ3) is 32.6. The predicted molar refractivity (Wildman–Crippen MR) is 373 cm³/mol. The highest BCUT2D eigenvalue weighted by atomic mass is 16.6. The van der Waals surface area contributed by atoms with Gasteiger partial charge in [-0.3, -0.25) is 71.9 Å². The van der Waals surface area contributed by atoms with E-state index < -0.39 is 280 Å². The topological polar surface area (TPSA) is 629 Å². The van der Waals surface area contributed by atoms with Gasteiger partial charge in [0.15, 0.2) is 0 Å². The molecule has 37 nitrogen and oxygen atoms in total. The zero-order valence-corrected chi connectivity index (χ0v) is 60.6. The maximum absolute atomic E-state index is 12.9. The number of carbonyl (C=O) groups is 17. The molecular formula is C74H92O37. The van der Waals surface area contributed by atoms with Crippen LogP contribution in [-0.4, -0.2) is 220 Å². The van der Waals surface area contributed by atoms with Crippen molar-refractivity contribution in [2.24, 2.45) is 88.8 Å². The van der Waals surface area contributed by atoms with Crippen LogP contribution in [0.1, 0.15) is 131 Å². The molecule has 0 aliphatic heterocycles. The first kappa shape index (κ1) is 93.6. The molecule has 3 aromatic carbocycles. The molecule has 0 bridgehead atoms. The van der Waals surface area contributed by atoms with E-state index in [1.54, 1.807) is 60.7 Å². The standard InChI is InChI=1S/C74H92O37/c1-4-38(58(75)76)24-44(60(79)80)26-46(62(83)84)28-48(64(87)88)30-50(66(91)92)32-52(68(95)96)34-54(70(99)100)36-55(71(101)102)35-53(69(97)98)33-51(67(93)94)31-49(65(89)90)29-47(63(85)86)27-45(61(81)82)25-43(59(77)78)23-37(2)72(103)110-22-20-108-18-17-107-19-21-109-56-13-11-42(12-14-56)74(105)111-57-15-9-40(10-16-57)39-5-7-41(8-6-39)73(104)106-3/h5-16,37-38,43-55H,4,17-36H2,1-3H3,(H,75,76)(H,77,78)(H,79,80)(H,81,82)(H,83,84)(H,85,86)(H,87,88)(H,89,90)(H,91,92)(H,93,94)(H,95,96)(H,97,98)(H,99,100)(H,101,102). The minimum atomic E-state index is -2.11. The largest absolute Gasteiger partial charge is 0.491 e. The Morgan fingerprint density at radius 1 is 0.279 bits per heavy atom. The lowest BCUT2D eigenvalue weighted by atomic mass is 9.76. The van der Waals surface area contributed by atoms with E-state index in [1.165, 1.54) is 33.1 Å². The molecule has 15 atom stereocenters. The Bertz CT molecular complexity index is 3720. The first-order valence-corrected chi connectivity index (χ1v) is 34.9. The summed E-state index contributed by atoms with van der Waals surface area (Å²) in [6.07, 6.45) is -13.5. The summed E-state index contributed by atoms with van der Waals surface area (Å²) in [4.78, 5) is 212. The number of hydrogen-bond donors (Lipinski definition) is 14. The second kappa shape index (κ2) is 46.7. The number of aliphatic carboxylic acids is 14. The van der Waals surface area contributed by atoms with Crippen molar-refractivity contribution < 1.29 is 181 Å². The SMILES string of the molecule is CCC(CC(CC(CC(CC(CC(CC(CC(CC(CC(CC(CC(CC(CC(CC(C)C(=O)OCCOCCOCCOc1ccc(C(=O)Oc2ccc(-c3ccc(C(=O)OC)cc3)cc2)cc1)C(=O)O)C(=O)O)C(=O)O)C(=O)O)C(=O)O)C(=O)O)C(=O)O)C(=O)O)C(=O)O)C(=O)O)C(=O)O)C(=O)O)C(=O)O)C(=O)O. The number of carbonyl (C=O) groups excluding carboxylic acids is 3. The molecule has 0 radical (unpaired) electrons. The first-order chi connectivity index (χ1) is 52.2. The zero-order chi connectivity index (χ0) is 83.5. The molecule has 0 saturated heterocycles. The van der Waals surface area contributed by atoms with Gasteiger partial charge in [-0.2, -0.15) is 0 Å². The van der Waals surface area contributed by atoms with Crippen LogP contribution in [0.3, 0.4) is 0 Å². The number of ether oxygens (including phenoxy) is 6. The van der Waals surface area contributed by atoms with Crippen molar-refractivity contribution in [1.29, 1.82) is 0 Å². The van der Waals surface area contributed by atoms with Crippen LogP contribution in [0.25, 0.3) is 11.1 Å². The van der Waals surface area contributed by atoms with Crippen LogP contribution in [0.4, 0.5) is 0 Å². The van der Waals surface area contributed by atoms with Crippen molar-refractivity contribution in [2.75, 3.05) is 46.8 Å². The minimum Gasteiger partial charge on any atom is -0.491 e. The van der Waals surface area contributed by atoms with Gasteiger partial charge in [-0.05, 0) is 156 Å². The summed E-state index contributed by atoms with van der Waals surface area (Å²) in [5.41, 5.74) is 2.30. The Balaban J connectivity index is 1.58. The van der Waals surface area contributed by atoms with Crippen LogP contribution in [-0.2, 0) is 90.9 Å². The van der Waals surface area contributed by atoms with E-state index in [0.717, 1.165) is 11.1 Å². The molecule has 0 heterocycles. The number of hydrogen-bond acceptors (Lipinski definition) is 23. The number of carboxylic acid groups (broad SMARTS) is 14. The lowest BCUT2D eigenvalue weighted by molar-refractivity contribution is -0.155. The molecule has 111 heavy (non-hydrogen) atoms. The summed E-state index contributed by atoms with van der Waals surface area (Å²) in [6.45, 7) is 2.57. The Morgan fingerprint density at radius 2 is 0.505 bits per heavy atom. The highest BCUT2D eigenvalue weighted by Crippen LogP contribution is 2.38. The average molecular weight is 1570 g/mol. The van der Waals surface area contributed by atoms with Crippen molar-refractivity contribution in [3.63, 3.8) is 0 Å². The van der Waals surface area contributed by atoms with Crippen molar-refractivity contribution >= 4 is 101 Å². The van der Waals surface area contributed by atoms with Gasteiger partial charge in [0.2, 0.25) is 0 Å². The Kier molecular flexibility index (Phi) is 39.3. The third-order valence-corrected chi connectivity index (χ3v) is 19.0. The van der Waals surface area contributed by atoms with Crippen LogP contribution in [0, 0.1) is 88.8 Å². The molecule has 14 N–H and O–H groups in total. The fraction of sp³-hybridized carbons (Fsp3) is 0.527.